The second-order valence-electron chi connectivity index (χ2n) is 1.87. The van der Waals surface area contributed by atoms with E-state index in [-0.39, 0.29) is 0 Å². The predicted molar refractivity (Wildman–Crippen MR) is 47.6 cm³/mol. The summed E-state index contributed by atoms with van der Waals surface area (Å²) < 4.78 is 0. The fourth-order valence-corrected chi connectivity index (χ4v) is 2.36. The van der Waals surface area contributed by atoms with Gasteiger partial charge in [-0.25, -0.2) is 0 Å². The summed E-state index contributed by atoms with van der Waals surface area (Å²) in [5.74, 6) is 2.04. The van der Waals surface area contributed by atoms with E-state index in [9.17, 15) is 0 Å². The van der Waals surface area contributed by atoms with E-state index in [1.165, 1.54) is 0 Å². The molecule has 0 fully saturated rings. The summed E-state index contributed by atoms with van der Waals surface area (Å²) in [5.41, 5.74) is 10.8. The van der Waals surface area contributed by atoms with Crippen molar-refractivity contribution in [2.45, 2.75) is 13.0 Å². The molecule has 0 aromatic heterocycles. The van der Waals surface area contributed by atoms with Crippen molar-refractivity contribution in [2.75, 3.05) is 18.1 Å². The van der Waals surface area contributed by atoms with Crippen LogP contribution in [0.5, 0.6) is 0 Å². The quantitative estimate of drug-likeness (QED) is 0.466. The van der Waals surface area contributed by atoms with Crippen LogP contribution < -0.4 is 11.5 Å². The Bertz CT molecular complexity index is 58.9. The molecule has 0 bridgehead atoms. The molecule has 1 atom stereocenters. The molecule has 0 heterocycles. The largest absolute Gasteiger partial charge is 0.330 e. The minimum Gasteiger partial charge on any atom is -0.330 e. The van der Waals surface area contributed by atoms with Crippen molar-refractivity contribution in [3.63, 3.8) is 0 Å². The summed E-state index contributed by atoms with van der Waals surface area (Å²) in [6.07, 6.45) is 0. The molecule has 0 saturated carbocycles. The monoisotopic (exact) mass is 166 g/mol. The average molecular weight is 166 g/mol. The van der Waals surface area contributed by atoms with Gasteiger partial charge in [-0.15, -0.1) is 0 Å². The first-order valence-electron chi connectivity index (χ1n) is 2.97. The highest BCUT2D eigenvalue weighted by atomic mass is 33.1. The van der Waals surface area contributed by atoms with E-state index in [0.717, 1.165) is 18.1 Å². The van der Waals surface area contributed by atoms with Crippen molar-refractivity contribution in [1.82, 2.24) is 0 Å². The lowest BCUT2D eigenvalue weighted by molar-refractivity contribution is 0.850. The lowest BCUT2D eigenvalue weighted by atomic mass is 10.4. The Kier molecular flexibility index (Phi) is 7.20. The zero-order chi connectivity index (χ0) is 7.11. The first-order chi connectivity index (χ1) is 4.27. The maximum Gasteiger partial charge on any atom is 0.0186 e. The maximum absolute atomic E-state index is 5.51. The molecule has 0 rings (SSSR count). The highest BCUT2D eigenvalue weighted by Crippen LogP contribution is 2.20. The molecular formula is C5H14N2S2. The molecule has 0 aromatic carbocycles. The third-order valence-electron chi connectivity index (χ3n) is 0.615. The predicted octanol–water partition coefficient (Wildman–Crippen LogP) is 0.674. The van der Waals surface area contributed by atoms with Crippen molar-refractivity contribution in [1.29, 1.82) is 0 Å². The Morgan fingerprint density at radius 3 is 2.56 bits per heavy atom. The minimum absolute atomic E-state index is 0.306. The number of nitrogens with two attached hydrogens (primary N) is 2. The van der Waals surface area contributed by atoms with Crippen LogP contribution in [0, 0.1) is 0 Å². The van der Waals surface area contributed by atoms with Crippen LogP contribution in [0.3, 0.4) is 0 Å². The molecule has 0 amide bonds. The zero-order valence-corrected chi connectivity index (χ0v) is 7.30. The summed E-state index contributed by atoms with van der Waals surface area (Å²) in [6.45, 7) is 2.77. The Labute approximate surface area is 64.5 Å². The second-order valence-corrected chi connectivity index (χ2v) is 4.50. The van der Waals surface area contributed by atoms with E-state index in [2.05, 4.69) is 0 Å². The molecule has 1 unspecified atom stereocenters. The van der Waals surface area contributed by atoms with Crippen molar-refractivity contribution >= 4 is 21.6 Å². The van der Waals surface area contributed by atoms with Crippen LogP contribution in [-0.2, 0) is 0 Å². The number of hydrogen-bond donors (Lipinski definition) is 2. The van der Waals surface area contributed by atoms with Crippen LogP contribution in [0.4, 0.5) is 0 Å². The van der Waals surface area contributed by atoms with Gasteiger partial charge in [0.2, 0.25) is 0 Å². The number of hydrogen-bond acceptors (Lipinski definition) is 4. The topological polar surface area (TPSA) is 52.0 Å². The molecule has 0 aliphatic carbocycles. The second kappa shape index (κ2) is 6.74. The molecule has 56 valence electrons. The minimum atomic E-state index is 0.306. The highest BCUT2D eigenvalue weighted by molar-refractivity contribution is 8.76. The van der Waals surface area contributed by atoms with E-state index in [1.807, 2.05) is 6.92 Å². The number of rotatable bonds is 5. The fourth-order valence-electron chi connectivity index (χ4n) is 0.262. The molecule has 4 N–H and O–H groups in total. The van der Waals surface area contributed by atoms with Crippen molar-refractivity contribution in [3.8, 4) is 0 Å². The molecule has 0 aliphatic heterocycles. The first kappa shape index (κ1) is 9.62. The van der Waals surface area contributed by atoms with E-state index in [0.29, 0.717) is 6.04 Å². The Morgan fingerprint density at radius 2 is 2.11 bits per heavy atom. The smallest absolute Gasteiger partial charge is 0.0186 e. The van der Waals surface area contributed by atoms with Gasteiger partial charge in [0.05, 0.1) is 0 Å². The Morgan fingerprint density at radius 1 is 1.44 bits per heavy atom. The first-order valence-corrected chi connectivity index (χ1v) is 5.46. The lowest BCUT2D eigenvalue weighted by Crippen LogP contribution is -2.17. The standard InChI is InChI=1S/C5H14N2S2/c1-5(7)4-9-8-3-2-6/h5H,2-4,6-7H2,1H3. The molecule has 2 nitrogen and oxygen atoms in total. The van der Waals surface area contributed by atoms with Gasteiger partial charge in [-0.2, -0.15) is 0 Å². The Hall–Kier alpha value is 0.620. The summed E-state index contributed by atoms with van der Waals surface area (Å²) in [7, 11) is 3.59. The van der Waals surface area contributed by atoms with E-state index < -0.39 is 0 Å². The summed E-state index contributed by atoms with van der Waals surface area (Å²) >= 11 is 0. The van der Waals surface area contributed by atoms with Crippen LogP contribution in [0.25, 0.3) is 0 Å². The van der Waals surface area contributed by atoms with Crippen LogP contribution in [0.1, 0.15) is 6.92 Å². The summed E-state index contributed by atoms with van der Waals surface area (Å²) in [6, 6.07) is 0.306. The highest BCUT2D eigenvalue weighted by Gasteiger charge is 1.92. The van der Waals surface area contributed by atoms with Gasteiger partial charge < -0.3 is 11.5 Å². The van der Waals surface area contributed by atoms with Gasteiger partial charge >= 0.3 is 0 Å². The molecule has 9 heavy (non-hydrogen) atoms. The third kappa shape index (κ3) is 8.62. The van der Waals surface area contributed by atoms with E-state index in [4.69, 9.17) is 11.5 Å². The SMILES string of the molecule is CC(N)CSSCCN. The molecular weight excluding hydrogens is 152 g/mol. The van der Waals surface area contributed by atoms with Crippen LogP contribution in [0.2, 0.25) is 0 Å². The lowest BCUT2D eigenvalue weighted by Gasteiger charge is -2.01. The zero-order valence-electron chi connectivity index (χ0n) is 5.67. The van der Waals surface area contributed by atoms with Crippen LogP contribution in [0.15, 0.2) is 0 Å². The molecule has 0 saturated heterocycles. The van der Waals surface area contributed by atoms with E-state index >= 15 is 0 Å². The van der Waals surface area contributed by atoms with Gasteiger partial charge in [-0.1, -0.05) is 21.6 Å². The Balaban J connectivity index is 2.75. The fraction of sp³-hybridized carbons (Fsp3) is 1.00. The van der Waals surface area contributed by atoms with Gasteiger partial charge in [-0.3, -0.25) is 0 Å². The molecule has 4 heteroatoms. The normalized spacial score (nSPS) is 13.7. The molecule has 0 radical (unpaired) electrons. The van der Waals surface area contributed by atoms with E-state index in [1.54, 1.807) is 21.6 Å². The average Bonchev–Trinajstić information content (AvgIpc) is 1.80. The van der Waals surface area contributed by atoms with Gasteiger partial charge in [0.15, 0.2) is 0 Å². The van der Waals surface area contributed by atoms with Gasteiger partial charge in [0.25, 0.3) is 0 Å². The molecule has 0 aromatic rings. The van der Waals surface area contributed by atoms with Gasteiger partial charge in [0.1, 0.15) is 0 Å². The van der Waals surface area contributed by atoms with Crippen molar-refractivity contribution in [2.24, 2.45) is 11.5 Å². The third-order valence-corrected chi connectivity index (χ3v) is 3.25. The molecule has 0 aliphatic rings. The van der Waals surface area contributed by atoms with Gasteiger partial charge in [0, 0.05) is 24.1 Å². The summed E-state index contributed by atoms with van der Waals surface area (Å²) in [5, 5.41) is 0. The molecule has 0 spiro atoms. The van der Waals surface area contributed by atoms with Crippen molar-refractivity contribution in [3.05, 3.63) is 0 Å². The van der Waals surface area contributed by atoms with Crippen LogP contribution >= 0.6 is 21.6 Å². The van der Waals surface area contributed by atoms with Gasteiger partial charge in [-0.05, 0) is 6.92 Å². The summed E-state index contributed by atoms with van der Waals surface area (Å²) in [4.78, 5) is 0. The van der Waals surface area contributed by atoms with Crippen LogP contribution in [-0.4, -0.2) is 24.1 Å². The maximum atomic E-state index is 5.51. The van der Waals surface area contributed by atoms with Crippen molar-refractivity contribution < 1.29 is 0 Å².